The minimum atomic E-state index is -5.08. The summed E-state index contributed by atoms with van der Waals surface area (Å²) >= 11 is 0. The van der Waals surface area contributed by atoms with Crippen molar-refractivity contribution in [2.45, 2.75) is 38.4 Å². The second kappa shape index (κ2) is 12.3. The van der Waals surface area contributed by atoms with Crippen LogP contribution in [0, 0.1) is 11.8 Å². The molecule has 186 valence electrons. The molecule has 1 fully saturated rings. The number of halogens is 3. The fourth-order valence-electron chi connectivity index (χ4n) is 4.27. The maximum atomic E-state index is 12.4. The van der Waals surface area contributed by atoms with Crippen LogP contribution in [-0.2, 0) is 19.1 Å². The summed E-state index contributed by atoms with van der Waals surface area (Å²) in [6.45, 7) is 8.91. The lowest BCUT2D eigenvalue weighted by atomic mass is 9.94. The molecule has 2 N–H and O–H groups in total. The number of ether oxygens (including phenoxy) is 2. The van der Waals surface area contributed by atoms with Crippen molar-refractivity contribution in [3.05, 3.63) is 35.4 Å². The van der Waals surface area contributed by atoms with E-state index < -0.39 is 12.1 Å². The number of alkyl halides is 3. The summed E-state index contributed by atoms with van der Waals surface area (Å²) in [5.74, 6) is -1.09. The average molecular weight is 475 g/mol. The Kier molecular flexibility index (Phi) is 10.1. The number of carbonyl (C=O) groups is 2. The predicted molar refractivity (Wildman–Crippen MR) is 116 cm³/mol. The van der Waals surface area contributed by atoms with Crippen molar-refractivity contribution in [3.63, 3.8) is 0 Å². The molecule has 7 nitrogen and oxygen atoms in total. The SMILES string of the molecule is COCCOCC(=O)N[C@@H]1c2ccccc2[C@@H]2CN(CCC(C)C)C[C@H]12.O=C(O)C(F)(F)F. The van der Waals surface area contributed by atoms with Crippen molar-refractivity contribution in [1.29, 1.82) is 0 Å². The monoisotopic (exact) mass is 474 g/mol. The highest BCUT2D eigenvalue weighted by Crippen LogP contribution is 2.49. The number of aliphatic carboxylic acids is 1. The second-order valence-electron chi connectivity index (χ2n) is 8.73. The normalized spacial score (nSPS) is 21.8. The third kappa shape index (κ3) is 7.97. The number of methoxy groups -OCH3 is 1. The molecule has 33 heavy (non-hydrogen) atoms. The van der Waals surface area contributed by atoms with E-state index in [2.05, 4.69) is 48.3 Å². The number of carboxylic acid groups (broad SMARTS) is 1. The largest absolute Gasteiger partial charge is 0.490 e. The zero-order valence-electron chi connectivity index (χ0n) is 19.2. The van der Waals surface area contributed by atoms with Crippen LogP contribution in [0.25, 0.3) is 0 Å². The Morgan fingerprint density at radius 3 is 2.39 bits per heavy atom. The molecular weight excluding hydrogens is 441 g/mol. The van der Waals surface area contributed by atoms with Gasteiger partial charge in [-0.25, -0.2) is 4.79 Å². The van der Waals surface area contributed by atoms with E-state index in [0.717, 1.165) is 25.6 Å². The van der Waals surface area contributed by atoms with Crippen LogP contribution in [0.3, 0.4) is 0 Å². The quantitative estimate of drug-likeness (QED) is 0.535. The second-order valence-corrected chi connectivity index (χ2v) is 8.73. The van der Waals surface area contributed by atoms with Gasteiger partial charge in [-0.2, -0.15) is 13.2 Å². The van der Waals surface area contributed by atoms with Gasteiger partial charge in [0.1, 0.15) is 6.61 Å². The molecule has 0 spiro atoms. The Hall–Kier alpha value is -2.17. The van der Waals surface area contributed by atoms with Gasteiger partial charge in [-0.3, -0.25) is 4.79 Å². The van der Waals surface area contributed by atoms with Gasteiger partial charge in [0.05, 0.1) is 19.3 Å². The fraction of sp³-hybridized carbons (Fsp3) is 0.652. The van der Waals surface area contributed by atoms with Crippen LogP contribution in [0.5, 0.6) is 0 Å². The van der Waals surface area contributed by atoms with Crippen LogP contribution in [0.2, 0.25) is 0 Å². The molecule has 1 aliphatic heterocycles. The first kappa shape index (κ1) is 27.1. The first-order valence-electron chi connectivity index (χ1n) is 11.0. The predicted octanol–water partition coefficient (Wildman–Crippen LogP) is 3.22. The van der Waals surface area contributed by atoms with Crippen LogP contribution < -0.4 is 5.32 Å². The van der Waals surface area contributed by atoms with Crippen LogP contribution >= 0.6 is 0 Å². The molecule has 1 heterocycles. The number of likely N-dealkylation sites (tertiary alicyclic amines) is 1. The number of nitrogens with one attached hydrogen (secondary N) is 1. The molecule has 0 aromatic heterocycles. The Bertz CT molecular complexity index is 788. The summed E-state index contributed by atoms with van der Waals surface area (Å²) in [7, 11) is 1.63. The molecule has 1 aromatic rings. The molecule has 3 atom stereocenters. The summed E-state index contributed by atoms with van der Waals surface area (Å²) in [5.41, 5.74) is 2.70. The van der Waals surface area contributed by atoms with Crippen LogP contribution in [-0.4, -0.2) is 74.6 Å². The Morgan fingerprint density at radius 2 is 1.82 bits per heavy atom. The molecular formula is C23H33F3N2O5. The summed E-state index contributed by atoms with van der Waals surface area (Å²) in [6, 6.07) is 8.69. The highest BCUT2D eigenvalue weighted by molar-refractivity contribution is 5.78. The zero-order valence-corrected chi connectivity index (χ0v) is 19.2. The van der Waals surface area contributed by atoms with Crippen molar-refractivity contribution >= 4 is 11.9 Å². The molecule has 1 aliphatic carbocycles. The van der Waals surface area contributed by atoms with Crippen molar-refractivity contribution in [3.8, 4) is 0 Å². The van der Waals surface area contributed by atoms with Crippen LogP contribution in [0.1, 0.15) is 43.4 Å². The smallest absolute Gasteiger partial charge is 0.475 e. The van der Waals surface area contributed by atoms with E-state index in [0.29, 0.717) is 25.0 Å². The van der Waals surface area contributed by atoms with Gasteiger partial charge in [-0.1, -0.05) is 38.1 Å². The first-order chi connectivity index (χ1) is 15.5. The van der Waals surface area contributed by atoms with Crippen molar-refractivity contribution < 1.29 is 37.3 Å². The third-order valence-electron chi connectivity index (χ3n) is 5.85. The van der Waals surface area contributed by atoms with E-state index in [-0.39, 0.29) is 18.6 Å². The summed E-state index contributed by atoms with van der Waals surface area (Å²) in [6.07, 6.45) is -3.86. The number of carboxylic acids is 1. The van der Waals surface area contributed by atoms with Gasteiger partial charge in [0.15, 0.2) is 0 Å². The highest BCUT2D eigenvalue weighted by atomic mass is 19.4. The van der Waals surface area contributed by atoms with Gasteiger partial charge < -0.3 is 24.8 Å². The number of carbonyl (C=O) groups excluding carboxylic acids is 1. The standard InChI is InChI=1S/C21H32N2O3.C2HF3O2/c1-15(2)8-9-23-12-18-16-6-4-5-7-17(16)21(19(18)13-23)22-20(24)14-26-11-10-25-3;3-2(4,5)1(6)7/h4-7,15,18-19,21H,8-14H2,1-3H3,(H,22,24);(H,6,7)/t18-,19-,21+;/m0./s1. The minimum Gasteiger partial charge on any atom is -0.475 e. The number of fused-ring (bicyclic) bond motifs is 3. The van der Waals surface area contributed by atoms with Crippen molar-refractivity contribution in [2.75, 3.05) is 46.6 Å². The molecule has 1 amide bonds. The molecule has 3 rings (SSSR count). The number of hydrogen-bond donors (Lipinski definition) is 2. The lowest BCUT2D eigenvalue weighted by molar-refractivity contribution is -0.192. The van der Waals surface area contributed by atoms with Crippen molar-refractivity contribution in [1.82, 2.24) is 10.2 Å². The number of rotatable bonds is 9. The van der Waals surface area contributed by atoms with E-state index in [4.69, 9.17) is 19.4 Å². The van der Waals surface area contributed by atoms with Crippen molar-refractivity contribution in [2.24, 2.45) is 11.8 Å². The van der Waals surface area contributed by atoms with Gasteiger partial charge in [0.25, 0.3) is 0 Å². The van der Waals surface area contributed by atoms with Gasteiger partial charge in [-0.15, -0.1) is 0 Å². The number of nitrogens with zero attached hydrogens (tertiary/aromatic N) is 1. The topological polar surface area (TPSA) is 88.1 Å². The lowest BCUT2D eigenvalue weighted by Gasteiger charge is -2.23. The van der Waals surface area contributed by atoms with Gasteiger partial charge in [0.2, 0.25) is 5.91 Å². The van der Waals surface area contributed by atoms with Gasteiger partial charge in [-0.05, 0) is 30.0 Å². The molecule has 2 aliphatic rings. The van der Waals surface area contributed by atoms with E-state index >= 15 is 0 Å². The summed E-state index contributed by atoms with van der Waals surface area (Å²) in [5, 5.41) is 10.4. The van der Waals surface area contributed by atoms with Gasteiger partial charge in [0, 0.05) is 32.0 Å². The molecule has 0 saturated carbocycles. The van der Waals surface area contributed by atoms with E-state index in [1.165, 1.54) is 17.5 Å². The molecule has 0 radical (unpaired) electrons. The fourth-order valence-corrected chi connectivity index (χ4v) is 4.27. The Balaban J connectivity index is 0.000000479. The number of amides is 1. The maximum Gasteiger partial charge on any atom is 0.490 e. The third-order valence-corrected chi connectivity index (χ3v) is 5.85. The number of benzene rings is 1. The average Bonchev–Trinajstić information content (AvgIpc) is 3.28. The van der Waals surface area contributed by atoms with E-state index in [1.54, 1.807) is 7.11 Å². The number of hydrogen-bond acceptors (Lipinski definition) is 5. The Morgan fingerprint density at radius 1 is 1.18 bits per heavy atom. The molecule has 10 heteroatoms. The van der Waals surface area contributed by atoms with Crippen LogP contribution in [0.4, 0.5) is 13.2 Å². The van der Waals surface area contributed by atoms with Crippen LogP contribution in [0.15, 0.2) is 24.3 Å². The highest BCUT2D eigenvalue weighted by Gasteiger charge is 2.46. The zero-order chi connectivity index (χ0) is 24.6. The van der Waals surface area contributed by atoms with E-state index in [1.807, 2.05) is 0 Å². The minimum absolute atomic E-state index is 0.0396. The Labute approximate surface area is 192 Å². The summed E-state index contributed by atoms with van der Waals surface area (Å²) < 4.78 is 42.1. The molecule has 0 bridgehead atoms. The molecule has 1 saturated heterocycles. The van der Waals surface area contributed by atoms with E-state index in [9.17, 15) is 18.0 Å². The molecule has 0 unspecified atom stereocenters. The first-order valence-corrected chi connectivity index (χ1v) is 11.0. The van der Waals surface area contributed by atoms with Gasteiger partial charge >= 0.3 is 12.1 Å². The lowest BCUT2D eigenvalue weighted by Crippen LogP contribution is -2.36. The molecule has 1 aromatic carbocycles. The maximum absolute atomic E-state index is 12.4. The summed E-state index contributed by atoms with van der Waals surface area (Å²) in [4.78, 5) is 23.8.